The van der Waals surface area contributed by atoms with Crippen LogP contribution in [0.4, 0.5) is 0 Å². The molecule has 1 aromatic carbocycles. The van der Waals surface area contributed by atoms with Crippen LogP contribution in [0.5, 0.6) is 0 Å². The van der Waals surface area contributed by atoms with Crippen molar-refractivity contribution in [1.29, 1.82) is 0 Å². The van der Waals surface area contributed by atoms with Crippen molar-refractivity contribution in [3.05, 3.63) is 48.3 Å². The Balaban J connectivity index is 2.04. The maximum absolute atomic E-state index is 4.29. The molecule has 0 aliphatic carbocycles. The molecule has 0 spiro atoms. The van der Waals surface area contributed by atoms with Gasteiger partial charge in [0, 0.05) is 36.6 Å². The molecule has 0 amide bonds. The standard InChI is InChI=1S/C13H13N4/c1-2-5-11(13-16-8-9-17-13)10(4-1)12-14-6-3-7-15-12/h1-4,6-7,13,16-17H,8-9H2. The first kappa shape index (κ1) is 10.4. The lowest BCUT2D eigenvalue weighted by Crippen LogP contribution is -2.22. The van der Waals surface area contributed by atoms with E-state index in [4.69, 9.17) is 0 Å². The summed E-state index contributed by atoms with van der Waals surface area (Å²) in [5.41, 5.74) is 2.11. The monoisotopic (exact) mass is 225 g/mol. The normalized spacial score (nSPS) is 16.2. The molecule has 0 atom stereocenters. The van der Waals surface area contributed by atoms with E-state index >= 15 is 0 Å². The highest BCUT2D eigenvalue weighted by Crippen LogP contribution is 2.24. The summed E-state index contributed by atoms with van der Waals surface area (Å²) in [6, 6.07) is 11.0. The van der Waals surface area contributed by atoms with Crippen molar-refractivity contribution in [2.75, 3.05) is 13.1 Å². The molecule has 2 aromatic rings. The molecule has 85 valence electrons. The molecular formula is C13H13N4. The van der Waals surface area contributed by atoms with Crippen LogP contribution in [0.2, 0.25) is 0 Å². The van der Waals surface area contributed by atoms with Crippen LogP contribution in [0.25, 0.3) is 11.4 Å². The molecule has 2 N–H and O–H groups in total. The van der Waals surface area contributed by atoms with Gasteiger partial charge in [-0.05, 0) is 12.1 Å². The average Bonchev–Trinajstić information content (AvgIpc) is 2.94. The highest BCUT2D eigenvalue weighted by Gasteiger charge is 2.19. The minimum atomic E-state index is 0.148. The van der Waals surface area contributed by atoms with E-state index in [0.717, 1.165) is 30.0 Å². The number of rotatable bonds is 2. The second-order valence-corrected chi connectivity index (χ2v) is 3.91. The summed E-state index contributed by atoms with van der Waals surface area (Å²) < 4.78 is 0. The Morgan fingerprint density at radius 1 is 1.12 bits per heavy atom. The SMILES string of the molecule is [c]1cccc(-c2ncccn2)c1C1NCCN1. The minimum Gasteiger partial charge on any atom is -0.297 e. The highest BCUT2D eigenvalue weighted by molar-refractivity contribution is 5.60. The largest absolute Gasteiger partial charge is 0.297 e. The zero-order chi connectivity index (χ0) is 11.5. The van der Waals surface area contributed by atoms with Crippen molar-refractivity contribution in [3.8, 4) is 11.4 Å². The molecule has 4 nitrogen and oxygen atoms in total. The van der Waals surface area contributed by atoms with Gasteiger partial charge in [-0.1, -0.05) is 18.2 Å². The number of nitrogens with zero attached hydrogens (tertiary/aromatic N) is 2. The van der Waals surface area contributed by atoms with Crippen LogP contribution in [0.3, 0.4) is 0 Å². The smallest absolute Gasteiger partial charge is 0.159 e. The van der Waals surface area contributed by atoms with Crippen molar-refractivity contribution in [3.63, 3.8) is 0 Å². The van der Waals surface area contributed by atoms with Crippen molar-refractivity contribution < 1.29 is 0 Å². The van der Waals surface area contributed by atoms with E-state index in [9.17, 15) is 0 Å². The van der Waals surface area contributed by atoms with E-state index in [2.05, 4.69) is 26.7 Å². The number of aromatic nitrogens is 2. The second kappa shape index (κ2) is 4.61. The maximum Gasteiger partial charge on any atom is 0.159 e. The van der Waals surface area contributed by atoms with E-state index in [0.29, 0.717) is 0 Å². The predicted octanol–water partition coefficient (Wildman–Crippen LogP) is 1.14. The van der Waals surface area contributed by atoms with Gasteiger partial charge in [-0.3, -0.25) is 10.6 Å². The fourth-order valence-corrected chi connectivity index (χ4v) is 2.03. The third kappa shape index (κ3) is 2.05. The minimum absolute atomic E-state index is 0.148. The Bertz CT molecular complexity index is 492. The molecule has 0 bridgehead atoms. The summed E-state index contributed by atoms with van der Waals surface area (Å²) in [5.74, 6) is 0.745. The molecule has 3 rings (SSSR count). The molecule has 1 saturated heterocycles. The third-order valence-corrected chi connectivity index (χ3v) is 2.81. The Labute approximate surface area is 100 Å². The second-order valence-electron chi connectivity index (χ2n) is 3.91. The lowest BCUT2D eigenvalue weighted by Gasteiger charge is -2.14. The first-order valence-corrected chi connectivity index (χ1v) is 5.70. The molecular weight excluding hydrogens is 212 g/mol. The third-order valence-electron chi connectivity index (χ3n) is 2.81. The fourth-order valence-electron chi connectivity index (χ4n) is 2.03. The Morgan fingerprint density at radius 3 is 2.65 bits per heavy atom. The van der Waals surface area contributed by atoms with Gasteiger partial charge in [0.2, 0.25) is 0 Å². The van der Waals surface area contributed by atoms with Gasteiger partial charge in [0.25, 0.3) is 0 Å². The van der Waals surface area contributed by atoms with Gasteiger partial charge >= 0.3 is 0 Å². The van der Waals surface area contributed by atoms with Gasteiger partial charge in [0.15, 0.2) is 5.82 Å². The van der Waals surface area contributed by atoms with Gasteiger partial charge in [0.1, 0.15) is 0 Å². The predicted molar refractivity (Wildman–Crippen MR) is 65.1 cm³/mol. The summed E-state index contributed by atoms with van der Waals surface area (Å²) in [4.78, 5) is 8.59. The summed E-state index contributed by atoms with van der Waals surface area (Å²) in [6.07, 6.45) is 3.67. The van der Waals surface area contributed by atoms with Gasteiger partial charge in [-0.25, -0.2) is 9.97 Å². The van der Waals surface area contributed by atoms with Crippen LogP contribution in [0.1, 0.15) is 11.7 Å². The molecule has 1 aliphatic heterocycles. The topological polar surface area (TPSA) is 49.8 Å². The zero-order valence-corrected chi connectivity index (χ0v) is 9.35. The summed E-state index contributed by atoms with van der Waals surface area (Å²) in [7, 11) is 0. The molecule has 1 aromatic heterocycles. The summed E-state index contributed by atoms with van der Waals surface area (Å²) >= 11 is 0. The number of hydrogen-bond donors (Lipinski definition) is 2. The molecule has 17 heavy (non-hydrogen) atoms. The molecule has 1 radical (unpaired) electrons. The first-order valence-electron chi connectivity index (χ1n) is 5.70. The molecule has 1 aliphatic rings. The van der Waals surface area contributed by atoms with Crippen LogP contribution in [-0.2, 0) is 0 Å². The van der Waals surface area contributed by atoms with E-state index < -0.39 is 0 Å². The van der Waals surface area contributed by atoms with Crippen LogP contribution >= 0.6 is 0 Å². The van der Waals surface area contributed by atoms with Crippen molar-refractivity contribution in [1.82, 2.24) is 20.6 Å². The maximum atomic E-state index is 4.29. The molecule has 0 saturated carbocycles. The molecule has 0 unspecified atom stereocenters. The number of nitrogens with one attached hydrogen (secondary N) is 2. The van der Waals surface area contributed by atoms with Crippen molar-refractivity contribution in [2.24, 2.45) is 0 Å². The zero-order valence-electron chi connectivity index (χ0n) is 9.35. The molecule has 4 heteroatoms. The highest BCUT2D eigenvalue weighted by atomic mass is 15.2. The fraction of sp³-hybridized carbons (Fsp3) is 0.231. The average molecular weight is 225 g/mol. The van der Waals surface area contributed by atoms with Crippen molar-refractivity contribution >= 4 is 0 Å². The van der Waals surface area contributed by atoms with E-state index in [-0.39, 0.29) is 6.17 Å². The van der Waals surface area contributed by atoms with Gasteiger partial charge in [-0.15, -0.1) is 0 Å². The summed E-state index contributed by atoms with van der Waals surface area (Å²) in [5, 5.41) is 6.77. The van der Waals surface area contributed by atoms with Crippen LogP contribution in [-0.4, -0.2) is 23.1 Å². The van der Waals surface area contributed by atoms with Crippen LogP contribution in [0.15, 0.2) is 36.7 Å². The summed E-state index contributed by atoms with van der Waals surface area (Å²) in [6.45, 7) is 1.95. The van der Waals surface area contributed by atoms with E-state index in [1.807, 2.05) is 24.3 Å². The molecule has 2 heterocycles. The molecule has 1 fully saturated rings. The quantitative estimate of drug-likeness (QED) is 0.804. The van der Waals surface area contributed by atoms with Crippen LogP contribution < -0.4 is 10.6 Å². The van der Waals surface area contributed by atoms with E-state index in [1.54, 1.807) is 12.4 Å². The van der Waals surface area contributed by atoms with Crippen LogP contribution in [0, 0.1) is 6.07 Å². The Kier molecular flexibility index (Phi) is 2.81. The van der Waals surface area contributed by atoms with Gasteiger partial charge in [0.05, 0.1) is 6.17 Å². The lowest BCUT2D eigenvalue weighted by atomic mass is 10.0. The van der Waals surface area contributed by atoms with E-state index in [1.165, 1.54) is 0 Å². The van der Waals surface area contributed by atoms with Crippen molar-refractivity contribution in [2.45, 2.75) is 6.17 Å². The number of benzene rings is 1. The lowest BCUT2D eigenvalue weighted by molar-refractivity contribution is 0.588. The Morgan fingerprint density at radius 2 is 1.88 bits per heavy atom. The Hall–Kier alpha value is -1.78. The number of hydrogen-bond acceptors (Lipinski definition) is 4. The first-order chi connectivity index (χ1) is 8.45. The van der Waals surface area contributed by atoms with Gasteiger partial charge in [-0.2, -0.15) is 0 Å². The van der Waals surface area contributed by atoms with Gasteiger partial charge < -0.3 is 0 Å².